The normalized spacial score (nSPS) is 16.8. The van der Waals surface area contributed by atoms with Crippen molar-refractivity contribution in [1.82, 2.24) is 4.98 Å². The van der Waals surface area contributed by atoms with Gasteiger partial charge in [0.1, 0.15) is 11.7 Å². The molecule has 5 heteroatoms. The summed E-state index contributed by atoms with van der Waals surface area (Å²) in [6, 6.07) is 11.4. The lowest BCUT2D eigenvalue weighted by Gasteiger charge is -2.22. The van der Waals surface area contributed by atoms with Gasteiger partial charge in [-0.3, -0.25) is 14.7 Å². The molecule has 2 heterocycles. The third-order valence-electron chi connectivity index (χ3n) is 3.36. The number of hydrogen-bond acceptors (Lipinski definition) is 3. The van der Waals surface area contributed by atoms with E-state index in [4.69, 9.17) is 0 Å². The number of hydrogen-bond donors (Lipinski definition) is 1. The Bertz CT molecular complexity index is 670. The number of rotatable bonds is 2. The summed E-state index contributed by atoms with van der Waals surface area (Å²) >= 11 is 0. The SMILES string of the molecule is O=C(O)[C@@H]1Cc2ccccc2N1C(=O)c1ccccn1. The molecule has 2 aromatic rings. The number of carbonyl (C=O) groups is 2. The van der Waals surface area contributed by atoms with Crippen molar-refractivity contribution in [3.8, 4) is 0 Å². The second-order valence-electron chi connectivity index (χ2n) is 4.58. The highest BCUT2D eigenvalue weighted by Crippen LogP contribution is 2.33. The Kier molecular flexibility index (Phi) is 2.95. The van der Waals surface area contributed by atoms with Crippen LogP contribution in [-0.2, 0) is 11.2 Å². The number of aliphatic carboxylic acids is 1. The standard InChI is InChI=1S/C15H12N2O3/c18-14(11-6-3-4-8-16-11)17-12-7-2-1-5-10(12)9-13(17)15(19)20/h1-8,13H,9H2,(H,19,20)/t13-/m0/s1. The third-order valence-corrected chi connectivity index (χ3v) is 3.36. The first kappa shape index (κ1) is 12.3. The molecule has 1 amide bonds. The molecule has 0 radical (unpaired) electrons. The number of nitrogens with zero attached hydrogens (tertiary/aromatic N) is 2. The van der Waals surface area contributed by atoms with Crippen LogP contribution in [0.1, 0.15) is 16.1 Å². The predicted molar refractivity (Wildman–Crippen MR) is 72.6 cm³/mol. The first-order valence-electron chi connectivity index (χ1n) is 6.24. The fraction of sp³-hybridized carbons (Fsp3) is 0.133. The van der Waals surface area contributed by atoms with Gasteiger partial charge in [-0.1, -0.05) is 24.3 Å². The van der Waals surface area contributed by atoms with Crippen molar-refractivity contribution < 1.29 is 14.7 Å². The molecule has 0 saturated carbocycles. The molecule has 3 rings (SSSR count). The minimum absolute atomic E-state index is 0.246. The maximum Gasteiger partial charge on any atom is 0.327 e. The monoisotopic (exact) mass is 268 g/mol. The molecule has 0 spiro atoms. The molecular weight excluding hydrogens is 256 g/mol. The van der Waals surface area contributed by atoms with E-state index in [1.165, 1.54) is 11.1 Å². The Hall–Kier alpha value is -2.69. The summed E-state index contributed by atoms with van der Waals surface area (Å²) in [5.74, 6) is -1.39. The van der Waals surface area contributed by atoms with Gasteiger partial charge in [-0.25, -0.2) is 4.79 Å². The third kappa shape index (κ3) is 1.93. The number of pyridine rings is 1. The minimum Gasteiger partial charge on any atom is -0.480 e. The van der Waals surface area contributed by atoms with Crippen molar-refractivity contribution in [3.05, 3.63) is 59.9 Å². The first-order chi connectivity index (χ1) is 9.68. The Morgan fingerprint density at radius 2 is 1.90 bits per heavy atom. The van der Waals surface area contributed by atoms with Gasteiger partial charge in [0.05, 0.1) is 0 Å². The van der Waals surface area contributed by atoms with E-state index in [9.17, 15) is 14.7 Å². The van der Waals surface area contributed by atoms with E-state index in [0.29, 0.717) is 12.1 Å². The largest absolute Gasteiger partial charge is 0.480 e. The quantitative estimate of drug-likeness (QED) is 0.900. The van der Waals surface area contributed by atoms with Crippen LogP contribution >= 0.6 is 0 Å². The zero-order valence-electron chi connectivity index (χ0n) is 10.6. The van der Waals surface area contributed by atoms with Crippen molar-refractivity contribution in [2.45, 2.75) is 12.5 Å². The summed E-state index contributed by atoms with van der Waals surface area (Å²) in [5.41, 5.74) is 1.76. The van der Waals surface area contributed by atoms with Crippen LogP contribution in [0.15, 0.2) is 48.7 Å². The topological polar surface area (TPSA) is 70.5 Å². The lowest BCUT2D eigenvalue weighted by molar-refractivity contribution is -0.138. The summed E-state index contributed by atoms with van der Waals surface area (Å²) in [7, 11) is 0. The highest BCUT2D eigenvalue weighted by Gasteiger charge is 2.38. The number of fused-ring (bicyclic) bond motifs is 1. The van der Waals surface area contributed by atoms with E-state index < -0.39 is 12.0 Å². The van der Waals surface area contributed by atoms with Gasteiger partial charge in [0, 0.05) is 18.3 Å². The Balaban J connectivity index is 2.05. The molecule has 0 bridgehead atoms. The van der Waals surface area contributed by atoms with E-state index in [1.54, 1.807) is 30.3 Å². The van der Waals surface area contributed by atoms with Crippen LogP contribution in [0.4, 0.5) is 5.69 Å². The molecule has 1 aromatic carbocycles. The summed E-state index contributed by atoms with van der Waals surface area (Å²) in [5, 5.41) is 9.34. The van der Waals surface area contributed by atoms with Crippen LogP contribution in [-0.4, -0.2) is 28.0 Å². The van der Waals surface area contributed by atoms with E-state index in [1.807, 2.05) is 12.1 Å². The van der Waals surface area contributed by atoms with Gasteiger partial charge < -0.3 is 5.11 Å². The molecular formula is C15H12N2O3. The number of carboxylic acids is 1. The van der Waals surface area contributed by atoms with Crippen molar-refractivity contribution in [3.63, 3.8) is 0 Å². The van der Waals surface area contributed by atoms with Gasteiger partial charge in [0.25, 0.3) is 5.91 Å². The van der Waals surface area contributed by atoms with Gasteiger partial charge in [-0.2, -0.15) is 0 Å². The number of benzene rings is 1. The van der Waals surface area contributed by atoms with Crippen LogP contribution in [0.2, 0.25) is 0 Å². The molecule has 0 unspecified atom stereocenters. The number of carbonyl (C=O) groups excluding carboxylic acids is 1. The Labute approximate surface area is 115 Å². The average molecular weight is 268 g/mol. The first-order valence-corrected chi connectivity index (χ1v) is 6.24. The van der Waals surface area contributed by atoms with Crippen molar-refractivity contribution in [2.75, 3.05) is 4.90 Å². The molecule has 0 aliphatic carbocycles. The molecule has 100 valence electrons. The molecule has 20 heavy (non-hydrogen) atoms. The smallest absolute Gasteiger partial charge is 0.327 e. The number of amides is 1. The summed E-state index contributed by atoms with van der Waals surface area (Å²) in [4.78, 5) is 29.3. The van der Waals surface area contributed by atoms with Crippen LogP contribution < -0.4 is 4.90 Å². The van der Waals surface area contributed by atoms with E-state index in [0.717, 1.165) is 5.56 Å². The number of para-hydroxylation sites is 1. The molecule has 1 N–H and O–H groups in total. The zero-order valence-corrected chi connectivity index (χ0v) is 10.6. The molecule has 0 fully saturated rings. The second-order valence-corrected chi connectivity index (χ2v) is 4.58. The number of anilines is 1. The second kappa shape index (κ2) is 4.77. The van der Waals surface area contributed by atoms with Crippen molar-refractivity contribution in [2.24, 2.45) is 0 Å². The Morgan fingerprint density at radius 3 is 2.60 bits per heavy atom. The van der Waals surface area contributed by atoms with Crippen molar-refractivity contribution in [1.29, 1.82) is 0 Å². The van der Waals surface area contributed by atoms with E-state index >= 15 is 0 Å². The minimum atomic E-state index is -1.01. The summed E-state index contributed by atoms with van der Waals surface area (Å²) < 4.78 is 0. The maximum absolute atomic E-state index is 12.5. The highest BCUT2D eigenvalue weighted by molar-refractivity contribution is 6.09. The van der Waals surface area contributed by atoms with Crippen LogP contribution in [0.25, 0.3) is 0 Å². The van der Waals surface area contributed by atoms with Crippen LogP contribution in [0.3, 0.4) is 0 Å². The van der Waals surface area contributed by atoms with Gasteiger partial charge in [-0.15, -0.1) is 0 Å². The fourth-order valence-corrected chi connectivity index (χ4v) is 2.45. The van der Waals surface area contributed by atoms with Crippen LogP contribution in [0.5, 0.6) is 0 Å². The molecule has 1 aliphatic heterocycles. The lowest BCUT2D eigenvalue weighted by atomic mass is 10.1. The van der Waals surface area contributed by atoms with E-state index in [-0.39, 0.29) is 11.6 Å². The number of aromatic nitrogens is 1. The van der Waals surface area contributed by atoms with Gasteiger partial charge in [-0.05, 0) is 23.8 Å². The summed E-state index contributed by atoms with van der Waals surface area (Å²) in [6.45, 7) is 0. The molecule has 5 nitrogen and oxygen atoms in total. The molecule has 1 aromatic heterocycles. The van der Waals surface area contributed by atoms with Gasteiger partial charge in [0.15, 0.2) is 0 Å². The zero-order chi connectivity index (χ0) is 14.1. The van der Waals surface area contributed by atoms with Crippen molar-refractivity contribution >= 4 is 17.6 Å². The van der Waals surface area contributed by atoms with Gasteiger partial charge >= 0.3 is 5.97 Å². The van der Waals surface area contributed by atoms with E-state index in [2.05, 4.69) is 4.98 Å². The highest BCUT2D eigenvalue weighted by atomic mass is 16.4. The molecule has 0 saturated heterocycles. The maximum atomic E-state index is 12.5. The van der Waals surface area contributed by atoms with Gasteiger partial charge in [0.2, 0.25) is 0 Å². The number of carboxylic acid groups (broad SMARTS) is 1. The lowest BCUT2D eigenvalue weighted by Crippen LogP contribution is -2.43. The average Bonchev–Trinajstić information content (AvgIpc) is 2.87. The molecule has 1 aliphatic rings. The van der Waals surface area contributed by atoms with Crippen LogP contribution in [0, 0.1) is 0 Å². The Morgan fingerprint density at radius 1 is 1.15 bits per heavy atom. The fourth-order valence-electron chi connectivity index (χ4n) is 2.45. The predicted octanol–water partition coefficient (Wildman–Crippen LogP) is 1.74. The molecule has 1 atom stereocenters. The summed E-state index contributed by atoms with van der Waals surface area (Å²) in [6.07, 6.45) is 1.84.